The zero-order chi connectivity index (χ0) is 17.1. The maximum Gasteiger partial charge on any atom is 0.224 e. The van der Waals surface area contributed by atoms with Crippen LogP contribution in [0, 0.1) is 13.8 Å². The van der Waals surface area contributed by atoms with Gasteiger partial charge in [-0.3, -0.25) is 14.5 Å². The van der Waals surface area contributed by atoms with E-state index in [1.165, 1.54) is 0 Å². The topological polar surface area (TPSA) is 85.8 Å². The van der Waals surface area contributed by atoms with Crippen LogP contribution in [-0.4, -0.2) is 25.8 Å². The smallest absolute Gasteiger partial charge is 0.224 e. The van der Waals surface area contributed by atoms with Gasteiger partial charge in [-0.05, 0) is 25.5 Å². The Kier molecular flexibility index (Phi) is 4.41. The van der Waals surface area contributed by atoms with Crippen molar-refractivity contribution in [1.29, 1.82) is 0 Å². The second-order valence-corrected chi connectivity index (χ2v) is 5.67. The van der Waals surface area contributed by atoms with Crippen LogP contribution in [0.2, 0.25) is 0 Å². The number of pyridine rings is 1. The fourth-order valence-corrected chi connectivity index (χ4v) is 2.56. The fraction of sp³-hybridized carbons (Fsp3) is 0.294. The molecule has 0 aliphatic heterocycles. The van der Waals surface area contributed by atoms with Crippen molar-refractivity contribution in [2.75, 3.05) is 0 Å². The van der Waals surface area contributed by atoms with E-state index in [2.05, 4.69) is 20.6 Å². The average molecular weight is 325 g/mol. The van der Waals surface area contributed by atoms with Gasteiger partial charge in [0.1, 0.15) is 5.76 Å². The first-order valence-corrected chi connectivity index (χ1v) is 7.66. The van der Waals surface area contributed by atoms with Gasteiger partial charge in [-0.2, -0.15) is 5.10 Å². The first-order valence-electron chi connectivity index (χ1n) is 7.66. The van der Waals surface area contributed by atoms with Gasteiger partial charge in [0.25, 0.3) is 0 Å². The number of amides is 1. The first kappa shape index (κ1) is 15.9. The summed E-state index contributed by atoms with van der Waals surface area (Å²) in [7, 11) is 1.86. The normalized spacial score (nSPS) is 10.8. The van der Waals surface area contributed by atoms with Crippen LogP contribution in [0.25, 0.3) is 11.3 Å². The Morgan fingerprint density at radius 1 is 1.38 bits per heavy atom. The van der Waals surface area contributed by atoms with Crippen molar-refractivity contribution in [2.24, 2.45) is 7.05 Å². The zero-order valence-corrected chi connectivity index (χ0v) is 13.9. The average Bonchev–Trinajstić information content (AvgIpc) is 3.14. The second kappa shape index (κ2) is 6.66. The van der Waals surface area contributed by atoms with Crippen LogP contribution in [0.4, 0.5) is 0 Å². The van der Waals surface area contributed by atoms with E-state index in [4.69, 9.17) is 4.52 Å². The Bertz CT molecular complexity index is 846. The van der Waals surface area contributed by atoms with E-state index in [1.807, 2.05) is 39.2 Å². The molecule has 3 rings (SSSR count). The minimum Gasteiger partial charge on any atom is -0.361 e. The third-order valence-electron chi connectivity index (χ3n) is 3.86. The lowest BCUT2D eigenvalue weighted by Gasteiger charge is -2.08. The van der Waals surface area contributed by atoms with Crippen molar-refractivity contribution in [3.8, 4) is 11.3 Å². The number of rotatable bonds is 5. The SMILES string of the molecule is Cc1noc(C)c1CC(=O)NCc1cccnc1-c1cnn(C)c1. The van der Waals surface area contributed by atoms with Crippen molar-refractivity contribution in [2.45, 2.75) is 26.8 Å². The third kappa shape index (κ3) is 3.34. The van der Waals surface area contributed by atoms with E-state index >= 15 is 0 Å². The van der Waals surface area contributed by atoms with Crippen molar-refractivity contribution in [1.82, 2.24) is 25.2 Å². The molecular formula is C17H19N5O2. The summed E-state index contributed by atoms with van der Waals surface area (Å²) in [6.07, 6.45) is 5.65. The van der Waals surface area contributed by atoms with E-state index in [0.717, 1.165) is 28.1 Å². The van der Waals surface area contributed by atoms with Crippen molar-refractivity contribution >= 4 is 5.91 Å². The summed E-state index contributed by atoms with van der Waals surface area (Å²) >= 11 is 0. The standard InChI is InChI=1S/C17H19N5O2/c1-11-15(12(2)24-21-11)7-16(23)19-8-13-5-4-6-18-17(13)14-9-20-22(3)10-14/h4-6,9-10H,7-8H2,1-3H3,(H,19,23). The number of nitrogens with one attached hydrogen (secondary N) is 1. The number of carbonyl (C=O) groups excluding carboxylic acids is 1. The number of nitrogens with zero attached hydrogens (tertiary/aromatic N) is 4. The molecule has 3 aromatic rings. The largest absolute Gasteiger partial charge is 0.361 e. The van der Waals surface area contributed by atoms with Gasteiger partial charge >= 0.3 is 0 Å². The Morgan fingerprint density at radius 2 is 2.21 bits per heavy atom. The minimum absolute atomic E-state index is 0.0783. The molecular weight excluding hydrogens is 306 g/mol. The Morgan fingerprint density at radius 3 is 2.88 bits per heavy atom. The highest BCUT2D eigenvalue weighted by molar-refractivity contribution is 5.79. The number of hydrogen-bond donors (Lipinski definition) is 1. The van der Waals surface area contributed by atoms with Crippen LogP contribution in [0.15, 0.2) is 35.2 Å². The molecule has 0 unspecified atom stereocenters. The van der Waals surface area contributed by atoms with Crippen LogP contribution in [-0.2, 0) is 24.8 Å². The van der Waals surface area contributed by atoms with E-state index in [-0.39, 0.29) is 12.3 Å². The molecule has 0 saturated heterocycles. The highest BCUT2D eigenvalue weighted by atomic mass is 16.5. The molecule has 0 aliphatic carbocycles. The molecule has 0 fully saturated rings. The first-order chi connectivity index (χ1) is 11.5. The molecule has 0 bridgehead atoms. The van der Waals surface area contributed by atoms with Crippen LogP contribution < -0.4 is 5.32 Å². The van der Waals surface area contributed by atoms with E-state index in [9.17, 15) is 4.79 Å². The van der Waals surface area contributed by atoms with Gasteiger partial charge in [0.2, 0.25) is 5.91 Å². The lowest BCUT2D eigenvalue weighted by atomic mass is 10.1. The highest BCUT2D eigenvalue weighted by Crippen LogP contribution is 2.20. The number of carbonyl (C=O) groups is 1. The molecule has 1 amide bonds. The lowest BCUT2D eigenvalue weighted by Crippen LogP contribution is -2.25. The highest BCUT2D eigenvalue weighted by Gasteiger charge is 2.14. The Labute approximate surface area is 139 Å². The molecule has 3 aromatic heterocycles. The van der Waals surface area contributed by atoms with Crippen LogP contribution in [0.1, 0.15) is 22.6 Å². The molecule has 0 saturated carbocycles. The van der Waals surface area contributed by atoms with Crippen LogP contribution >= 0.6 is 0 Å². The molecule has 0 aromatic carbocycles. The summed E-state index contributed by atoms with van der Waals surface area (Å²) in [4.78, 5) is 16.6. The van der Waals surface area contributed by atoms with Gasteiger partial charge in [0.05, 0.1) is 24.0 Å². The summed E-state index contributed by atoms with van der Waals surface area (Å²) in [6.45, 7) is 4.05. The molecule has 7 nitrogen and oxygen atoms in total. The minimum atomic E-state index is -0.0783. The van der Waals surface area contributed by atoms with Crippen molar-refractivity contribution < 1.29 is 9.32 Å². The number of aromatic nitrogens is 4. The summed E-state index contributed by atoms with van der Waals surface area (Å²) in [6, 6.07) is 3.81. The molecule has 24 heavy (non-hydrogen) atoms. The van der Waals surface area contributed by atoms with Gasteiger partial charge in [-0.25, -0.2) is 0 Å². The lowest BCUT2D eigenvalue weighted by molar-refractivity contribution is -0.120. The van der Waals surface area contributed by atoms with E-state index in [0.29, 0.717) is 12.3 Å². The second-order valence-electron chi connectivity index (χ2n) is 5.67. The molecule has 0 aliphatic rings. The monoisotopic (exact) mass is 325 g/mol. The van der Waals surface area contributed by atoms with Crippen LogP contribution in [0.5, 0.6) is 0 Å². The van der Waals surface area contributed by atoms with Crippen LogP contribution in [0.3, 0.4) is 0 Å². The molecule has 0 radical (unpaired) electrons. The summed E-state index contributed by atoms with van der Waals surface area (Å²) in [5, 5.41) is 11.0. The quantitative estimate of drug-likeness (QED) is 0.775. The van der Waals surface area contributed by atoms with Gasteiger partial charge in [-0.1, -0.05) is 11.2 Å². The predicted octanol–water partition coefficient (Wildman–Crippen LogP) is 1.95. The molecule has 124 valence electrons. The zero-order valence-electron chi connectivity index (χ0n) is 13.9. The molecule has 0 spiro atoms. The van der Waals surface area contributed by atoms with Crippen molar-refractivity contribution in [3.05, 3.63) is 53.3 Å². The van der Waals surface area contributed by atoms with Gasteiger partial charge in [-0.15, -0.1) is 0 Å². The summed E-state index contributed by atoms with van der Waals surface area (Å²) in [5.74, 6) is 0.602. The summed E-state index contributed by atoms with van der Waals surface area (Å²) < 4.78 is 6.81. The Hall–Kier alpha value is -2.96. The van der Waals surface area contributed by atoms with Crippen molar-refractivity contribution in [3.63, 3.8) is 0 Å². The maximum atomic E-state index is 12.2. The molecule has 0 atom stereocenters. The van der Waals surface area contributed by atoms with Gasteiger partial charge in [0, 0.05) is 37.1 Å². The summed E-state index contributed by atoms with van der Waals surface area (Å²) in [5.41, 5.74) is 4.28. The van der Waals surface area contributed by atoms with E-state index in [1.54, 1.807) is 17.1 Å². The predicted molar refractivity (Wildman–Crippen MR) is 88.0 cm³/mol. The molecule has 7 heteroatoms. The molecule has 1 N–H and O–H groups in total. The fourth-order valence-electron chi connectivity index (χ4n) is 2.56. The Balaban J connectivity index is 1.70. The van der Waals surface area contributed by atoms with E-state index < -0.39 is 0 Å². The number of aryl methyl sites for hydroxylation is 3. The maximum absolute atomic E-state index is 12.2. The van der Waals surface area contributed by atoms with Gasteiger partial charge in [0.15, 0.2) is 0 Å². The third-order valence-corrected chi connectivity index (χ3v) is 3.86. The van der Waals surface area contributed by atoms with Gasteiger partial charge < -0.3 is 9.84 Å². The molecule has 3 heterocycles. The number of hydrogen-bond acceptors (Lipinski definition) is 5.